The van der Waals surface area contributed by atoms with Crippen LogP contribution in [-0.4, -0.2) is 48.1 Å². The summed E-state index contributed by atoms with van der Waals surface area (Å²) in [4.78, 5) is 19.1. The molecule has 3 rings (SSSR count). The number of hydrogen-bond acceptors (Lipinski definition) is 5. The molecule has 1 saturated heterocycles. The van der Waals surface area contributed by atoms with Crippen LogP contribution in [0.3, 0.4) is 0 Å². The monoisotopic (exact) mass is 409 g/mol. The van der Waals surface area contributed by atoms with Crippen molar-refractivity contribution in [3.8, 4) is 0 Å². The lowest BCUT2D eigenvalue weighted by molar-refractivity contribution is -0.121. The van der Waals surface area contributed by atoms with Gasteiger partial charge in [0.05, 0.1) is 18.5 Å². The van der Waals surface area contributed by atoms with E-state index in [1.54, 1.807) is 6.20 Å². The summed E-state index contributed by atoms with van der Waals surface area (Å²) in [5.74, 6) is -0.00585. The van der Waals surface area contributed by atoms with Crippen LogP contribution in [0.15, 0.2) is 30.6 Å². The number of imidazole rings is 1. The standard InChI is InChI=1S/C18H24FN5O3S/c1-23-10-7-20-17(23)12-24-8-5-13(6-9-24)18(25)21-14-3-4-15(19)16(11-14)22-28(2,26)27/h3-4,7,10-11,13,22H,5-6,8-9,12H2,1-2H3,(H,21,25). The zero-order valence-electron chi connectivity index (χ0n) is 15.9. The Morgan fingerprint density at radius 1 is 1.32 bits per heavy atom. The Labute approximate surface area is 163 Å². The Morgan fingerprint density at radius 2 is 2.04 bits per heavy atom. The summed E-state index contributed by atoms with van der Waals surface area (Å²) in [7, 11) is -1.65. The molecule has 2 heterocycles. The van der Waals surface area contributed by atoms with Gasteiger partial charge < -0.3 is 9.88 Å². The summed E-state index contributed by atoms with van der Waals surface area (Å²) in [5.41, 5.74) is 0.165. The molecule has 0 radical (unpaired) electrons. The van der Waals surface area contributed by atoms with E-state index in [0.29, 0.717) is 18.5 Å². The molecule has 1 aromatic carbocycles. The summed E-state index contributed by atoms with van der Waals surface area (Å²) in [6.45, 7) is 2.32. The van der Waals surface area contributed by atoms with Gasteiger partial charge >= 0.3 is 0 Å². The average Bonchev–Trinajstić information content (AvgIpc) is 3.02. The third-order valence-electron chi connectivity index (χ3n) is 4.77. The van der Waals surface area contributed by atoms with Crippen molar-refractivity contribution in [3.63, 3.8) is 0 Å². The number of likely N-dealkylation sites (tertiary alicyclic amines) is 1. The lowest BCUT2D eigenvalue weighted by atomic mass is 9.95. The van der Waals surface area contributed by atoms with Crippen molar-refractivity contribution in [1.82, 2.24) is 14.5 Å². The van der Waals surface area contributed by atoms with E-state index >= 15 is 0 Å². The molecule has 1 aliphatic heterocycles. The summed E-state index contributed by atoms with van der Waals surface area (Å²) in [6.07, 6.45) is 6.05. The highest BCUT2D eigenvalue weighted by molar-refractivity contribution is 7.92. The van der Waals surface area contributed by atoms with Gasteiger partial charge in [-0.05, 0) is 44.1 Å². The molecule has 8 nitrogen and oxygen atoms in total. The van der Waals surface area contributed by atoms with Gasteiger partial charge in [-0.25, -0.2) is 17.8 Å². The highest BCUT2D eigenvalue weighted by Crippen LogP contribution is 2.24. The average molecular weight is 409 g/mol. The van der Waals surface area contributed by atoms with E-state index in [2.05, 4.69) is 19.9 Å². The second kappa shape index (κ2) is 8.27. The Morgan fingerprint density at radius 3 is 2.64 bits per heavy atom. The topological polar surface area (TPSA) is 96.3 Å². The lowest BCUT2D eigenvalue weighted by Crippen LogP contribution is -2.38. The van der Waals surface area contributed by atoms with E-state index in [-0.39, 0.29) is 17.5 Å². The van der Waals surface area contributed by atoms with Crippen LogP contribution in [0.4, 0.5) is 15.8 Å². The van der Waals surface area contributed by atoms with Crippen molar-refractivity contribution in [1.29, 1.82) is 0 Å². The molecule has 1 aromatic heterocycles. The first-order chi connectivity index (χ1) is 13.2. The van der Waals surface area contributed by atoms with E-state index < -0.39 is 15.8 Å². The number of aryl methyl sites for hydroxylation is 1. The van der Waals surface area contributed by atoms with Gasteiger partial charge in [0.2, 0.25) is 15.9 Å². The van der Waals surface area contributed by atoms with Crippen LogP contribution in [0.2, 0.25) is 0 Å². The highest BCUT2D eigenvalue weighted by atomic mass is 32.2. The fourth-order valence-corrected chi connectivity index (χ4v) is 3.78. The van der Waals surface area contributed by atoms with Crippen LogP contribution in [0.1, 0.15) is 18.7 Å². The number of hydrogen-bond donors (Lipinski definition) is 2. The normalized spacial score (nSPS) is 16.1. The fourth-order valence-electron chi connectivity index (χ4n) is 3.23. The Kier molecular flexibility index (Phi) is 5.99. The van der Waals surface area contributed by atoms with E-state index in [4.69, 9.17) is 0 Å². The molecule has 152 valence electrons. The molecular formula is C18H24FN5O3S. The molecule has 2 aromatic rings. The van der Waals surface area contributed by atoms with Gasteiger partial charge in [-0.1, -0.05) is 0 Å². The minimum absolute atomic E-state index is 0.144. The van der Waals surface area contributed by atoms with Gasteiger partial charge in [-0.3, -0.25) is 14.4 Å². The molecule has 0 unspecified atom stereocenters. The van der Waals surface area contributed by atoms with Crippen molar-refractivity contribution < 1.29 is 17.6 Å². The smallest absolute Gasteiger partial charge is 0.229 e. The number of anilines is 2. The number of amides is 1. The summed E-state index contributed by atoms with van der Waals surface area (Å²) in [6, 6.07) is 3.82. The number of benzene rings is 1. The lowest BCUT2D eigenvalue weighted by Gasteiger charge is -2.31. The number of piperidine rings is 1. The van der Waals surface area contributed by atoms with Gasteiger partial charge in [-0.15, -0.1) is 0 Å². The van der Waals surface area contributed by atoms with Gasteiger partial charge in [0.1, 0.15) is 11.6 Å². The SMILES string of the molecule is Cn1ccnc1CN1CCC(C(=O)Nc2ccc(F)c(NS(C)(=O)=O)c2)CC1. The van der Waals surface area contributed by atoms with Crippen molar-refractivity contribution in [2.75, 3.05) is 29.4 Å². The van der Waals surface area contributed by atoms with Crippen LogP contribution in [-0.2, 0) is 28.4 Å². The number of nitrogens with zero attached hydrogens (tertiary/aromatic N) is 3. The third-order valence-corrected chi connectivity index (χ3v) is 5.36. The van der Waals surface area contributed by atoms with E-state index in [0.717, 1.165) is 37.8 Å². The molecule has 10 heteroatoms. The van der Waals surface area contributed by atoms with E-state index in [1.165, 1.54) is 12.1 Å². The Hall–Kier alpha value is -2.46. The first kappa shape index (κ1) is 20.3. The van der Waals surface area contributed by atoms with Gasteiger partial charge in [0.15, 0.2) is 0 Å². The van der Waals surface area contributed by atoms with Crippen molar-refractivity contribution in [2.45, 2.75) is 19.4 Å². The van der Waals surface area contributed by atoms with Crippen LogP contribution in [0.5, 0.6) is 0 Å². The predicted octanol–water partition coefficient (Wildman–Crippen LogP) is 1.78. The van der Waals surface area contributed by atoms with Crippen molar-refractivity contribution >= 4 is 27.3 Å². The van der Waals surface area contributed by atoms with Crippen LogP contribution in [0.25, 0.3) is 0 Å². The van der Waals surface area contributed by atoms with Gasteiger partial charge in [0.25, 0.3) is 0 Å². The first-order valence-corrected chi connectivity index (χ1v) is 10.9. The summed E-state index contributed by atoms with van der Waals surface area (Å²) in [5, 5.41) is 2.76. The predicted molar refractivity (Wildman–Crippen MR) is 105 cm³/mol. The molecule has 0 saturated carbocycles. The zero-order chi connectivity index (χ0) is 20.3. The van der Waals surface area contributed by atoms with Crippen LogP contribution >= 0.6 is 0 Å². The Balaban J connectivity index is 1.56. The van der Waals surface area contributed by atoms with Gasteiger partial charge in [0, 0.05) is 31.0 Å². The summed E-state index contributed by atoms with van der Waals surface area (Å²) >= 11 is 0. The Bertz CT molecular complexity index is 952. The molecule has 0 spiro atoms. The number of carbonyl (C=O) groups is 1. The molecule has 0 aliphatic carbocycles. The molecular weight excluding hydrogens is 385 g/mol. The van der Waals surface area contributed by atoms with Crippen LogP contribution in [0, 0.1) is 11.7 Å². The quantitative estimate of drug-likeness (QED) is 0.758. The number of nitrogens with one attached hydrogen (secondary N) is 2. The van der Waals surface area contributed by atoms with Gasteiger partial charge in [-0.2, -0.15) is 0 Å². The fraction of sp³-hybridized carbons (Fsp3) is 0.444. The van der Waals surface area contributed by atoms with E-state index in [1.807, 2.05) is 17.8 Å². The first-order valence-electron chi connectivity index (χ1n) is 8.98. The molecule has 28 heavy (non-hydrogen) atoms. The number of aromatic nitrogens is 2. The molecule has 1 amide bonds. The largest absolute Gasteiger partial charge is 0.337 e. The molecule has 1 fully saturated rings. The maximum Gasteiger partial charge on any atom is 0.229 e. The molecule has 0 atom stereocenters. The number of rotatable bonds is 6. The highest BCUT2D eigenvalue weighted by Gasteiger charge is 2.25. The number of sulfonamides is 1. The second-order valence-corrected chi connectivity index (χ2v) is 8.81. The molecule has 1 aliphatic rings. The zero-order valence-corrected chi connectivity index (χ0v) is 16.7. The number of carbonyl (C=O) groups excluding carboxylic acids is 1. The van der Waals surface area contributed by atoms with E-state index in [9.17, 15) is 17.6 Å². The molecule has 0 bridgehead atoms. The minimum Gasteiger partial charge on any atom is -0.337 e. The number of halogens is 1. The van der Waals surface area contributed by atoms with Crippen molar-refractivity contribution in [2.24, 2.45) is 13.0 Å². The molecule has 2 N–H and O–H groups in total. The summed E-state index contributed by atoms with van der Waals surface area (Å²) < 4.78 is 40.5. The van der Waals surface area contributed by atoms with Crippen LogP contribution < -0.4 is 10.0 Å². The minimum atomic E-state index is -3.61. The second-order valence-electron chi connectivity index (χ2n) is 7.06. The third kappa shape index (κ3) is 5.29. The maximum absolute atomic E-state index is 13.8. The van der Waals surface area contributed by atoms with Crippen molar-refractivity contribution in [3.05, 3.63) is 42.2 Å². The maximum atomic E-state index is 13.8.